The fraction of sp³-hybridized carbons (Fsp3) is 1.00. The highest BCUT2D eigenvalue weighted by molar-refractivity contribution is 4.80. The van der Waals surface area contributed by atoms with E-state index in [0.29, 0.717) is 12.2 Å². The van der Waals surface area contributed by atoms with Crippen molar-refractivity contribution < 1.29 is 9.47 Å². The van der Waals surface area contributed by atoms with Crippen LogP contribution in [0.25, 0.3) is 0 Å². The first-order valence-electron chi connectivity index (χ1n) is 6.06. The first-order valence-corrected chi connectivity index (χ1v) is 6.06. The third-order valence-electron chi connectivity index (χ3n) is 3.42. The molecule has 2 fully saturated rings. The van der Waals surface area contributed by atoms with Crippen molar-refractivity contribution in [2.75, 3.05) is 0 Å². The highest BCUT2D eigenvalue weighted by Gasteiger charge is 2.39. The van der Waals surface area contributed by atoms with E-state index >= 15 is 0 Å². The summed E-state index contributed by atoms with van der Waals surface area (Å²) in [5.41, 5.74) is 0. The van der Waals surface area contributed by atoms with Crippen LogP contribution < -0.4 is 0 Å². The summed E-state index contributed by atoms with van der Waals surface area (Å²) in [4.78, 5) is 0. The van der Waals surface area contributed by atoms with E-state index < -0.39 is 0 Å². The molecule has 0 aromatic rings. The molecule has 0 aromatic carbocycles. The minimum Gasteiger partial charge on any atom is -0.347 e. The van der Waals surface area contributed by atoms with Crippen LogP contribution in [0.1, 0.15) is 58.8 Å². The normalized spacial score (nSPS) is 45.0. The second-order valence-electron chi connectivity index (χ2n) is 4.91. The molecule has 0 amide bonds. The van der Waals surface area contributed by atoms with Gasteiger partial charge in [0, 0.05) is 12.8 Å². The molecule has 3 atom stereocenters. The van der Waals surface area contributed by atoms with Gasteiger partial charge in [-0.2, -0.15) is 0 Å². The molecule has 0 saturated carbocycles. The summed E-state index contributed by atoms with van der Waals surface area (Å²) >= 11 is 0. The van der Waals surface area contributed by atoms with Gasteiger partial charge in [-0.3, -0.25) is 0 Å². The second-order valence-corrected chi connectivity index (χ2v) is 4.91. The largest absolute Gasteiger partial charge is 0.347 e. The van der Waals surface area contributed by atoms with E-state index in [1.165, 1.54) is 32.1 Å². The second kappa shape index (κ2) is 4.19. The minimum absolute atomic E-state index is 0.215. The van der Waals surface area contributed by atoms with Crippen LogP contribution in [0.15, 0.2) is 0 Å². The fourth-order valence-corrected chi connectivity index (χ4v) is 2.72. The summed E-state index contributed by atoms with van der Waals surface area (Å²) in [6, 6.07) is 0. The number of rotatable bonds is 0. The predicted octanol–water partition coefficient (Wildman–Crippen LogP) is 3.25. The van der Waals surface area contributed by atoms with E-state index in [-0.39, 0.29) is 5.79 Å². The maximum Gasteiger partial charge on any atom is 0.168 e. The van der Waals surface area contributed by atoms with Crippen LogP contribution in [0.4, 0.5) is 0 Å². The van der Waals surface area contributed by atoms with Crippen molar-refractivity contribution in [2.24, 2.45) is 0 Å². The molecule has 82 valence electrons. The smallest absolute Gasteiger partial charge is 0.168 e. The van der Waals surface area contributed by atoms with Crippen molar-refractivity contribution >= 4 is 0 Å². The molecule has 2 heterocycles. The molecule has 2 saturated heterocycles. The van der Waals surface area contributed by atoms with Crippen molar-refractivity contribution in [3.8, 4) is 0 Å². The van der Waals surface area contributed by atoms with E-state index in [2.05, 4.69) is 13.8 Å². The average Bonchev–Trinajstić information content (AvgIpc) is 2.27. The Morgan fingerprint density at radius 3 is 2.14 bits per heavy atom. The maximum absolute atomic E-state index is 6.09. The van der Waals surface area contributed by atoms with E-state index in [0.717, 1.165) is 12.8 Å². The molecule has 2 rings (SSSR count). The van der Waals surface area contributed by atoms with Gasteiger partial charge in [0.2, 0.25) is 0 Å². The highest BCUT2D eigenvalue weighted by Crippen LogP contribution is 2.37. The van der Waals surface area contributed by atoms with E-state index in [4.69, 9.17) is 9.47 Å². The molecule has 2 heteroatoms. The molecule has 0 N–H and O–H groups in total. The van der Waals surface area contributed by atoms with E-state index in [9.17, 15) is 0 Å². The monoisotopic (exact) mass is 198 g/mol. The van der Waals surface area contributed by atoms with Crippen LogP contribution in [-0.4, -0.2) is 18.0 Å². The molecule has 2 nitrogen and oxygen atoms in total. The van der Waals surface area contributed by atoms with Crippen LogP contribution in [0.5, 0.6) is 0 Å². The Kier molecular flexibility index (Phi) is 3.13. The van der Waals surface area contributed by atoms with E-state index in [1.54, 1.807) is 0 Å². The molecule has 0 aliphatic carbocycles. The van der Waals surface area contributed by atoms with Crippen LogP contribution in [-0.2, 0) is 9.47 Å². The number of hydrogen-bond acceptors (Lipinski definition) is 2. The standard InChI is InChI=1S/C12H22O2/c1-10-6-3-4-8-12(13-10)9-5-7-11(2)14-12/h10-11H,3-9H2,1-2H3/t10-,11-,12-/m0/s1. The van der Waals surface area contributed by atoms with Crippen molar-refractivity contribution in [1.29, 1.82) is 0 Å². The summed E-state index contributed by atoms with van der Waals surface area (Å²) in [5, 5.41) is 0. The summed E-state index contributed by atoms with van der Waals surface area (Å²) in [7, 11) is 0. The molecule has 14 heavy (non-hydrogen) atoms. The zero-order valence-electron chi connectivity index (χ0n) is 9.42. The predicted molar refractivity (Wildman–Crippen MR) is 56.1 cm³/mol. The lowest BCUT2D eigenvalue weighted by Crippen LogP contribution is -2.43. The van der Waals surface area contributed by atoms with Crippen molar-refractivity contribution in [3.63, 3.8) is 0 Å². The maximum atomic E-state index is 6.09. The lowest BCUT2D eigenvalue weighted by Gasteiger charge is -2.40. The van der Waals surface area contributed by atoms with Gasteiger partial charge < -0.3 is 9.47 Å². The first-order chi connectivity index (χ1) is 6.70. The van der Waals surface area contributed by atoms with Gasteiger partial charge in [0.05, 0.1) is 12.2 Å². The highest BCUT2D eigenvalue weighted by atomic mass is 16.7. The van der Waals surface area contributed by atoms with Gasteiger partial charge >= 0.3 is 0 Å². The third-order valence-corrected chi connectivity index (χ3v) is 3.42. The van der Waals surface area contributed by atoms with Gasteiger partial charge in [-0.05, 0) is 39.5 Å². The Balaban J connectivity index is 2.03. The van der Waals surface area contributed by atoms with Gasteiger partial charge in [0.1, 0.15) is 0 Å². The lowest BCUT2D eigenvalue weighted by molar-refractivity contribution is -0.291. The molecular weight excluding hydrogens is 176 g/mol. The number of hydrogen-bond donors (Lipinski definition) is 0. The Morgan fingerprint density at radius 1 is 0.857 bits per heavy atom. The Labute approximate surface area is 87.0 Å². The van der Waals surface area contributed by atoms with Gasteiger partial charge in [0.15, 0.2) is 5.79 Å². The quantitative estimate of drug-likeness (QED) is 0.595. The van der Waals surface area contributed by atoms with Gasteiger partial charge in [0.25, 0.3) is 0 Å². The molecule has 2 aliphatic heterocycles. The Bertz CT molecular complexity index is 193. The zero-order chi connectivity index (χ0) is 10.0. The molecule has 2 aliphatic rings. The topological polar surface area (TPSA) is 18.5 Å². The summed E-state index contributed by atoms with van der Waals surface area (Å²) in [6.45, 7) is 4.34. The fourth-order valence-electron chi connectivity index (χ4n) is 2.72. The first kappa shape index (κ1) is 10.4. The lowest BCUT2D eigenvalue weighted by atomic mass is 9.97. The molecule has 1 spiro atoms. The molecular formula is C12H22O2. The third kappa shape index (κ3) is 2.29. The van der Waals surface area contributed by atoms with Gasteiger partial charge in [-0.25, -0.2) is 0 Å². The van der Waals surface area contributed by atoms with Crippen LogP contribution >= 0.6 is 0 Å². The zero-order valence-corrected chi connectivity index (χ0v) is 9.42. The van der Waals surface area contributed by atoms with E-state index in [1.807, 2.05) is 0 Å². The average molecular weight is 198 g/mol. The molecule has 0 radical (unpaired) electrons. The molecule has 0 aromatic heterocycles. The van der Waals surface area contributed by atoms with Gasteiger partial charge in [-0.15, -0.1) is 0 Å². The molecule has 0 unspecified atom stereocenters. The molecule has 0 bridgehead atoms. The van der Waals surface area contributed by atoms with Crippen molar-refractivity contribution in [3.05, 3.63) is 0 Å². The Hall–Kier alpha value is -0.0800. The van der Waals surface area contributed by atoms with Crippen LogP contribution in [0.2, 0.25) is 0 Å². The van der Waals surface area contributed by atoms with Crippen LogP contribution in [0, 0.1) is 0 Å². The summed E-state index contributed by atoms with van der Waals surface area (Å²) in [5.74, 6) is -0.215. The van der Waals surface area contributed by atoms with Crippen LogP contribution in [0.3, 0.4) is 0 Å². The minimum atomic E-state index is -0.215. The van der Waals surface area contributed by atoms with Crippen molar-refractivity contribution in [2.45, 2.75) is 76.8 Å². The SMILES string of the molecule is C[C@H]1CCCC[C@]2(CCC[C@H](C)O2)O1. The van der Waals surface area contributed by atoms with Gasteiger partial charge in [-0.1, -0.05) is 6.42 Å². The Morgan fingerprint density at radius 2 is 1.43 bits per heavy atom. The van der Waals surface area contributed by atoms with Crippen molar-refractivity contribution in [1.82, 2.24) is 0 Å². The summed E-state index contributed by atoms with van der Waals surface area (Å²) < 4.78 is 12.1. The summed E-state index contributed by atoms with van der Waals surface area (Å²) in [6.07, 6.45) is 9.16. The number of ether oxygens (including phenoxy) is 2.